The molecule has 0 radical (unpaired) electrons. The molecule has 0 amide bonds. The predicted octanol–water partition coefficient (Wildman–Crippen LogP) is 6.93. The Labute approximate surface area is 162 Å². The number of benzene rings is 1. The first-order valence-electron chi connectivity index (χ1n) is 10.3. The zero-order valence-electron chi connectivity index (χ0n) is 16.7. The van der Waals surface area contributed by atoms with E-state index in [4.69, 9.17) is 18.3 Å². The molecule has 3 aliphatic rings. The lowest BCUT2D eigenvalue weighted by molar-refractivity contribution is 0.0405. The molecule has 1 aromatic rings. The molecule has 0 spiro atoms. The van der Waals surface area contributed by atoms with E-state index < -0.39 is 7.82 Å². The number of ether oxygens (including phenoxy) is 1. The molecule has 0 aromatic heterocycles. The number of fused-ring (bicyclic) bond motifs is 1. The zero-order valence-corrected chi connectivity index (χ0v) is 17.6. The van der Waals surface area contributed by atoms with Crippen molar-refractivity contribution in [2.45, 2.75) is 84.7 Å². The van der Waals surface area contributed by atoms with E-state index in [1.54, 1.807) is 0 Å². The average molecular weight is 394 g/mol. The van der Waals surface area contributed by atoms with Crippen LogP contribution in [0.5, 0.6) is 0 Å². The van der Waals surface area contributed by atoms with E-state index in [1.165, 1.54) is 29.5 Å². The molecule has 0 N–H and O–H groups in total. The molecule has 0 aliphatic carbocycles. The van der Waals surface area contributed by atoms with Gasteiger partial charge in [-0.1, -0.05) is 58.2 Å². The minimum absolute atomic E-state index is 0.120. The summed E-state index contributed by atoms with van der Waals surface area (Å²) in [5, 5.41) is 0. The number of hydrogen-bond donors (Lipinski definition) is 0. The van der Waals surface area contributed by atoms with Crippen molar-refractivity contribution in [1.82, 2.24) is 0 Å². The molecule has 0 saturated carbocycles. The van der Waals surface area contributed by atoms with Gasteiger partial charge in [0.25, 0.3) is 0 Å². The molecule has 6 heteroatoms. The second kappa shape index (κ2) is 9.05. The normalized spacial score (nSPS) is 17.6. The van der Waals surface area contributed by atoms with Gasteiger partial charge in [0, 0.05) is 0 Å². The molecule has 5 nitrogen and oxygen atoms in total. The Bertz CT molecular complexity index is 715. The molecule has 1 saturated heterocycles. The largest absolute Gasteiger partial charge is 0.654 e. The molecule has 1 aromatic carbocycles. The SMILES string of the molecule is CCCCc1ccc(C(CCCC)OC2=C3OP(=O)(O2)O3)c(CCCC)c1. The van der Waals surface area contributed by atoms with Crippen LogP contribution < -0.4 is 0 Å². The minimum Gasteiger partial charge on any atom is -0.452 e. The molecular formula is C21H31O5P. The highest BCUT2D eigenvalue weighted by Gasteiger charge is 2.58. The van der Waals surface area contributed by atoms with Gasteiger partial charge in [-0.05, 0) is 55.2 Å². The van der Waals surface area contributed by atoms with E-state index >= 15 is 0 Å². The van der Waals surface area contributed by atoms with E-state index in [0.29, 0.717) is 0 Å². The number of phosphoric acid groups is 1. The maximum atomic E-state index is 11.8. The van der Waals surface area contributed by atoms with Crippen LogP contribution in [-0.2, 0) is 35.7 Å². The number of hydrogen-bond acceptors (Lipinski definition) is 5. The Balaban J connectivity index is 1.82. The topological polar surface area (TPSA) is 54.0 Å². The number of phosphoric ester groups is 1. The molecule has 1 fully saturated rings. The maximum absolute atomic E-state index is 11.8. The van der Waals surface area contributed by atoms with Crippen molar-refractivity contribution in [3.63, 3.8) is 0 Å². The standard InChI is InChI=1S/C21H31O5P/c1-4-7-10-16-13-14-18(17(15-16)11-8-5-2)19(12-9-6-3)23-20-21-25-27(22,24-20)26-21/h13-15,19H,4-12H2,1-3H3. The van der Waals surface area contributed by atoms with Crippen LogP contribution in [0, 0.1) is 0 Å². The molecule has 2 bridgehead atoms. The van der Waals surface area contributed by atoms with Crippen molar-refractivity contribution in [1.29, 1.82) is 0 Å². The van der Waals surface area contributed by atoms with E-state index in [1.807, 2.05) is 0 Å². The van der Waals surface area contributed by atoms with Gasteiger partial charge in [0.2, 0.25) is 0 Å². The van der Waals surface area contributed by atoms with Gasteiger partial charge in [0.05, 0.1) is 0 Å². The van der Waals surface area contributed by atoms with Crippen LogP contribution in [0.1, 0.15) is 88.5 Å². The second-order valence-electron chi connectivity index (χ2n) is 7.28. The van der Waals surface area contributed by atoms with Gasteiger partial charge < -0.3 is 18.3 Å². The second-order valence-corrected chi connectivity index (χ2v) is 8.73. The van der Waals surface area contributed by atoms with Crippen molar-refractivity contribution < 1.29 is 22.9 Å². The van der Waals surface area contributed by atoms with Gasteiger partial charge in [-0.3, -0.25) is 0 Å². The van der Waals surface area contributed by atoms with Gasteiger partial charge in [0.1, 0.15) is 6.10 Å². The molecular weight excluding hydrogens is 363 g/mol. The molecule has 150 valence electrons. The Morgan fingerprint density at radius 2 is 1.67 bits per heavy atom. The first-order valence-corrected chi connectivity index (χ1v) is 11.8. The third-order valence-electron chi connectivity index (χ3n) is 4.99. The summed E-state index contributed by atoms with van der Waals surface area (Å²) >= 11 is 0. The maximum Gasteiger partial charge on any atom is 0.654 e. The summed E-state index contributed by atoms with van der Waals surface area (Å²) in [5.74, 6) is 0.255. The van der Waals surface area contributed by atoms with Gasteiger partial charge in [-0.25, -0.2) is 0 Å². The fraction of sp³-hybridized carbons (Fsp3) is 0.619. The highest BCUT2D eigenvalue weighted by atomic mass is 31.2. The summed E-state index contributed by atoms with van der Waals surface area (Å²) < 4.78 is 33.1. The third kappa shape index (κ3) is 4.82. The first kappa shape index (κ1) is 20.1. The lowest BCUT2D eigenvalue weighted by Gasteiger charge is -2.22. The number of aryl methyl sites for hydroxylation is 2. The quantitative estimate of drug-likeness (QED) is 0.360. The van der Waals surface area contributed by atoms with Crippen LogP contribution in [0.3, 0.4) is 0 Å². The van der Waals surface area contributed by atoms with Crippen LogP contribution >= 0.6 is 7.82 Å². The van der Waals surface area contributed by atoms with E-state index in [2.05, 4.69) is 39.0 Å². The van der Waals surface area contributed by atoms with Crippen LogP contribution in [-0.4, -0.2) is 0 Å². The molecule has 3 aliphatic heterocycles. The highest BCUT2D eigenvalue weighted by molar-refractivity contribution is 7.50. The van der Waals surface area contributed by atoms with Gasteiger partial charge in [0.15, 0.2) is 0 Å². The third-order valence-corrected chi connectivity index (χ3v) is 6.16. The fourth-order valence-corrected chi connectivity index (χ4v) is 4.38. The van der Waals surface area contributed by atoms with E-state index in [9.17, 15) is 4.57 Å². The number of rotatable bonds is 12. The average Bonchev–Trinajstić information content (AvgIpc) is 3.13. The van der Waals surface area contributed by atoms with Crippen molar-refractivity contribution in [3.05, 3.63) is 46.8 Å². The Morgan fingerprint density at radius 1 is 0.963 bits per heavy atom. The zero-order chi connectivity index (χ0) is 19.3. The summed E-state index contributed by atoms with van der Waals surface area (Å²) in [6.45, 7) is 6.60. The Morgan fingerprint density at radius 3 is 2.30 bits per heavy atom. The van der Waals surface area contributed by atoms with Crippen LogP contribution in [0.2, 0.25) is 0 Å². The van der Waals surface area contributed by atoms with Crippen LogP contribution in [0.4, 0.5) is 0 Å². The van der Waals surface area contributed by atoms with Crippen molar-refractivity contribution >= 4 is 7.82 Å². The van der Waals surface area contributed by atoms with Crippen molar-refractivity contribution in [3.8, 4) is 0 Å². The lowest BCUT2D eigenvalue weighted by atomic mass is 9.92. The van der Waals surface area contributed by atoms with Gasteiger partial charge in [-0.2, -0.15) is 4.57 Å². The van der Waals surface area contributed by atoms with Gasteiger partial charge in [-0.15, -0.1) is 0 Å². The minimum atomic E-state index is -3.38. The van der Waals surface area contributed by atoms with Crippen molar-refractivity contribution in [2.75, 3.05) is 0 Å². The predicted molar refractivity (Wildman–Crippen MR) is 105 cm³/mol. The van der Waals surface area contributed by atoms with E-state index in [0.717, 1.165) is 44.9 Å². The Hall–Kier alpha value is -1.61. The van der Waals surface area contributed by atoms with Crippen molar-refractivity contribution in [2.24, 2.45) is 0 Å². The van der Waals surface area contributed by atoms with E-state index in [-0.39, 0.29) is 18.0 Å². The van der Waals surface area contributed by atoms with Gasteiger partial charge >= 0.3 is 19.7 Å². The first-order chi connectivity index (χ1) is 13.1. The smallest absolute Gasteiger partial charge is 0.452 e. The fourth-order valence-electron chi connectivity index (χ4n) is 3.42. The summed E-state index contributed by atoms with van der Waals surface area (Å²) in [6, 6.07) is 6.75. The Kier molecular flexibility index (Phi) is 6.75. The molecule has 27 heavy (non-hydrogen) atoms. The van der Waals surface area contributed by atoms with Crippen LogP contribution in [0.25, 0.3) is 0 Å². The number of unbranched alkanes of at least 4 members (excludes halogenated alkanes) is 3. The summed E-state index contributed by atoms with van der Waals surface area (Å²) in [4.78, 5) is 0. The molecule has 3 heterocycles. The summed E-state index contributed by atoms with van der Waals surface area (Å²) in [5.41, 5.74) is 3.92. The van der Waals surface area contributed by atoms with Crippen LogP contribution in [0.15, 0.2) is 30.1 Å². The highest BCUT2D eigenvalue weighted by Crippen LogP contribution is 2.70. The molecule has 1 unspecified atom stereocenters. The summed E-state index contributed by atoms with van der Waals surface area (Å²) in [7, 11) is -3.38. The monoisotopic (exact) mass is 394 g/mol. The summed E-state index contributed by atoms with van der Waals surface area (Å²) in [6.07, 6.45) is 9.69. The molecule has 4 rings (SSSR count). The molecule has 1 atom stereocenters. The lowest BCUT2D eigenvalue weighted by Crippen LogP contribution is -2.09.